The molecular weight excluding hydrogens is 196 g/mol. The molecule has 1 rings (SSSR count). The molecular formula is C14H28N2. The van der Waals surface area contributed by atoms with Crippen LogP contribution in [0.5, 0.6) is 0 Å². The van der Waals surface area contributed by atoms with Crippen molar-refractivity contribution in [2.24, 2.45) is 5.92 Å². The Morgan fingerprint density at radius 1 is 1.50 bits per heavy atom. The molecule has 1 saturated heterocycles. The number of allylic oxidation sites excluding steroid dienone is 1. The molecule has 1 N–H and O–H groups in total. The van der Waals surface area contributed by atoms with Crippen LogP contribution in [-0.2, 0) is 0 Å². The maximum absolute atomic E-state index is 3.78. The van der Waals surface area contributed by atoms with E-state index in [4.69, 9.17) is 0 Å². The summed E-state index contributed by atoms with van der Waals surface area (Å²) in [6.45, 7) is 12.3. The molecule has 0 aromatic heterocycles. The molecule has 94 valence electrons. The van der Waals surface area contributed by atoms with E-state index in [-0.39, 0.29) is 0 Å². The van der Waals surface area contributed by atoms with Gasteiger partial charge >= 0.3 is 0 Å². The summed E-state index contributed by atoms with van der Waals surface area (Å²) in [7, 11) is 0. The van der Waals surface area contributed by atoms with Gasteiger partial charge in [0, 0.05) is 6.54 Å². The van der Waals surface area contributed by atoms with Crippen molar-refractivity contribution in [3.63, 3.8) is 0 Å². The highest BCUT2D eigenvalue weighted by Gasteiger charge is 2.18. The lowest BCUT2D eigenvalue weighted by atomic mass is 9.97. The van der Waals surface area contributed by atoms with Gasteiger partial charge in [0.2, 0.25) is 0 Å². The number of piperidine rings is 1. The second-order valence-electron chi connectivity index (χ2n) is 4.94. The Kier molecular flexibility index (Phi) is 7.52. The lowest BCUT2D eigenvalue weighted by Crippen LogP contribution is -2.40. The summed E-state index contributed by atoms with van der Waals surface area (Å²) in [5.74, 6) is 0.879. The number of likely N-dealkylation sites (tertiary alicyclic amines) is 1. The highest BCUT2D eigenvalue weighted by Crippen LogP contribution is 2.16. The molecule has 2 nitrogen and oxygen atoms in total. The van der Waals surface area contributed by atoms with Crippen LogP contribution in [0.15, 0.2) is 12.7 Å². The molecule has 0 saturated carbocycles. The van der Waals surface area contributed by atoms with Gasteiger partial charge in [-0.15, -0.1) is 6.58 Å². The molecule has 16 heavy (non-hydrogen) atoms. The molecule has 0 amide bonds. The van der Waals surface area contributed by atoms with Gasteiger partial charge in [0.15, 0.2) is 0 Å². The lowest BCUT2D eigenvalue weighted by Gasteiger charge is -2.32. The van der Waals surface area contributed by atoms with E-state index in [1.165, 1.54) is 58.4 Å². The highest BCUT2D eigenvalue weighted by molar-refractivity contribution is 4.75. The maximum Gasteiger partial charge on any atom is 0.00218 e. The normalized spacial score (nSPS) is 22.2. The Hall–Kier alpha value is -0.340. The second kappa shape index (κ2) is 8.77. The number of nitrogens with one attached hydrogen (secondary N) is 1. The molecule has 0 spiro atoms. The van der Waals surface area contributed by atoms with Crippen molar-refractivity contribution in [1.82, 2.24) is 10.2 Å². The quantitative estimate of drug-likeness (QED) is 0.504. The molecule has 0 aromatic rings. The topological polar surface area (TPSA) is 15.3 Å². The minimum atomic E-state index is 0.879. The third-order valence-corrected chi connectivity index (χ3v) is 3.35. The minimum absolute atomic E-state index is 0.879. The van der Waals surface area contributed by atoms with Crippen LogP contribution in [0, 0.1) is 5.92 Å². The minimum Gasteiger partial charge on any atom is -0.316 e. The fraction of sp³-hybridized carbons (Fsp3) is 0.857. The maximum atomic E-state index is 3.78. The van der Waals surface area contributed by atoms with Crippen molar-refractivity contribution in [2.75, 3.05) is 32.7 Å². The van der Waals surface area contributed by atoms with Crippen molar-refractivity contribution in [3.8, 4) is 0 Å². The van der Waals surface area contributed by atoms with Crippen molar-refractivity contribution in [3.05, 3.63) is 12.7 Å². The summed E-state index contributed by atoms with van der Waals surface area (Å²) in [5.41, 5.74) is 0. The fourth-order valence-corrected chi connectivity index (χ4v) is 2.46. The van der Waals surface area contributed by atoms with Gasteiger partial charge in [-0.2, -0.15) is 0 Å². The summed E-state index contributed by atoms with van der Waals surface area (Å²) in [4.78, 5) is 2.63. The van der Waals surface area contributed by atoms with Gasteiger partial charge in [0.25, 0.3) is 0 Å². The molecule has 1 heterocycles. The van der Waals surface area contributed by atoms with Crippen molar-refractivity contribution < 1.29 is 0 Å². The molecule has 0 aromatic carbocycles. The highest BCUT2D eigenvalue weighted by atomic mass is 15.1. The van der Waals surface area contributed by atoms with E-state index in [9.17, 15) is 0 Å². The zero-order chi connectivity index (χ0) is 11.6. The van der Waals surface area contributed by atoms with Crippen LogP contribution in [0.25, 0.3) is 0 Å². The number of nitrogens with zero attached hydrogens (tertiary/aromatic N) is 1. The van der Waals surface area contributed by atoms with E-state index in [0.717, 1.165) is 12.3 Å². The average molecular weight is 224 g/mol. The van der Waals surface area contributed by atoms with Crippen molar-refractivity contribution >= 4 is 0 Å². The standard InChI is InChI=1S/C14H28N2/c1-3-5-6-10-16-11-7-8-14(13-16)12-15-9-4-2/h3,14-15H,1,4-13H2,2H3. The smallest absolute Gasteiger partial charge is 0.00218 e. The van der Waals surface area contributed by atoms with Gasteiger partial charge < -0.3 is 10.2 Å². The van der Waals surface area contributed by atoms with Gasteiger partial charge in [-0.25, -0.2) is 0 Å². The third-order valence-electron chi connectivity index (χ3n) is 3.35. The van der Waals surface area contributed by atoms with E-state index in [1.54, 1.807) is 0 Å². The Bertz CT molecular complexity index is 180. The molecule has 1 aliphatic rings. The zero-order valence-electron chi connectivity index (χ0n) is 10.9. The SMILES string of the molecule is C=CCCCN1CCCC(CNCCC)C1. The number of rotatable bonds is 8. The van der Waals surface area contributed by atoms with Gasteiger partial charge in [0.1, 0.15) is 0 Å². The first kappa shape index (κ1) is 13.7. The zero-order valence-corrected chi connectivity index (χ0v) is 10.9. The third kappa shape index (κ3) is 5.66. The number of hydrogen-bond donors (Lipinski definition) is 1. The molecule has 1 unspecified atom stereocenters. The van der Waals surface area contributed by atoms with Gasteiger partial charge in [-0.3, -0.25) is 0 Å². The summed E-state index contributed by atoms with van der Waals surface area (Å²) in [6, 6.07) is 0. The Morgan fingerprint density at radius 3 is 3.12 bits per heavy atom. The van der Waals surface area contributed by atoms with E-state index in [1.807, 2.05) is 6.08 Å². The molecule has 1 aliphatic heterocycles. The van der Waals surface area contributed by atoms with Crippen LogP contribution in [0.4, 0.5) is 0 Å². The summed E-state index contributed by atoms with van der Waals surface area (Å²) in [5, 5.41) is 3.55. The van der Waals surface area contributed by atoms with Crippen LogP contribution in [-0.4, -0.2) is 37.6 Å². The van der Waals surface area contributed by atoms with Crippen LogP contribution in [0.3, 0.4) is 0 Å². The van der Waals surface area contributed by atoms with Crippen LogP contribution >= 0.6 is 0 Å². The van der Waals surface area contributed by atoms with E-state index >= 15 is 0 Å². The summed E-state index contributed by atoms with van der Waals surface area (Å²) < 4.78 is 0. The fourth-order valence-electron chi connectivity index (χ4n) is 2.46. The van der Waals surface area contributed by atoms with Gasteiger partial charge in [0.05, 0.1) is 0 Å². The van der Waals surface area contributed by atoms with Gasteiger partial charge in [-0.05, 0) is 64.2 Å². The van der Waals surface area contributed by atoms with E-state index in [2.05, 4.69) is 23.7 Å². The predicted octanol–water partition coefficient (Wildman–Crippen LogP) is 2.66. The van der Waals surface area contributed by atoms with Gasteiger partial charge in [-0.1, -0.05) is 13.0 Å². The monoisotopic (exact) mass is 224 g/mol. The Morgan fingerprint density at radius 2 is 2.38 bits per heavy atom. The molecule has 0 radical (unpaired) electrons. The molecule has 0 bridgehead atoms. The first-order valence-electron chi connectivity index (χ1n) is 6.90. The number of hydrogen-bond acceptors (Lipinski definition) is 2. The van der Waals surface area contributed by atoms with Crippen LogP contribution in [0.2, 0.25) is 0 Å². The van der Waals surface area contributed by atoms with E-state index < -0.39 is 0 Å². The molecule has 1 atom stereocenters. The lowest BCUT2D eigenvalue weighted by molar-refractivity contribution is 0.171. The van der Waals surface area contributed by atoms with Crippen LogP contribution in [0.1, 0.15) is 39.0 Å². The molecule has 1 fully saturated rings. The second-order valence-corrected chi connectivity index (χ2v) is 4.94. The van der Waals surface area contributed by atoms with Crippen molar-refractivity contribution in [1.29, 1.82) is 0 Å². The molecule has 2 heteroatoms. The Labute approximate surface area is 101 Å². The Balaban J connectivity index is 2.11. The average Bonchev–Trinajstić information content (AvgIpc) is 2.30. The summed E-state index contributed by atoms with van der Waals surface area (Å²) >= 11 is 0. The largest absolute Gasteiger partial charge is 0.316 e. The van der Waals surface area contributed by atoms with Crippen molar-refractivity contribution in [2.45, 2.75) is 39.0 Å². The first-order chi connectivity index (χ1) is 7.86. The van der Waals surface area contributed by atoms with E-state index in [0.29, 0.717) is 0 Å². The van der Waals surface area contributed by atoms with Crippen LogP contribution < -0.4 is 5.32 Å². The molecule has 0 aliphatic carbocycles. The predicted molar refractivity (Wildman–Crippen MR) is 71.8 cm³/mol. The summed E-state index contributed by atoms with van der Waals surface area (Å²) in [6.07, 6.45) is 8.51. The number of unbranched alkanes of at least 4 members (excludes halogenated alkanes) is 1. The first-order valence-corrected chi connectivity index (χ1v) is 6.90.